The van der Waals surface area contributed by atoms with E-state index in [1.54, 1.807) is 6.07 Å². The predicted octanol–water partition coefficient (Wildman–Crippen LogP) is 2.56. The molecule has 1 rings (SSSR count). The van der Waals surface area contributed by atoms with E-state index < -0.39 is 0 Å². The lowest BCUT2D eigenvalue weighted by molar-refractivity contribution is 0.471. The Morgan fingerprint density at radius 1 is 1.50 bits per heavy atom. The van der Waals surface area contributed by atoms with E-state index >= 15 is 0 Å². The van der Waals surface area contributed by atoms with Crippen molar-refractivity contribution in [1.29, 1.82) is 0 Å². The van der Waals surface area contributed by atoms with Crippen LogP contribution in [0.25, 0.3) is 0 Å². The first kappa shape index (κ1) is 7.85. The molecule has 0 saturated heterocycles. The summed E-state index contributed by atoms with van der Waals surface area (Å²) >= 11 is 2.12. The van der Waals surface area contributed by atoms with Gasteiger partial charge in [-0.3, -0.25) is 0 Å². The highest BCUT2D eigenvalue weighted by molar-refractivity contribution is 14.1. The first-order valence-corrected chi connectivity index (χ1v) is 4.29. The molecule has 0 heterocycles. The fraction of sp³-hybridized carbons (Fsp3) is 0.250. The highest BCUT2D eigenvalue weighted by Crippen LogP contribution is 2.20. The van der Waals surface area contributed by atoms with Crippen LogP contribution < -0.4 is 0 Å². The molecule has 0 aliphatic carbocycles. The number of benzene rings is 1. The maximum Gasteiger partial charge on any atom is 0.128 e. The summed E-state index contributed by atoms with van der Waals surface area (Å²) in [6.45, 7) is 2.10. The lowest BCUT2D eigenvalue weighted by Crippen LogP contribution is -1.80. The van der Waals surface area contributed by atoms with Crippen molar-refractivity contribution in [2.45, 2.75) is 13.3 Å². The van der Waals surface area contributed by atoms with Gasteiger partial charge in [0.2, 0.25) is 0 Å². The van der Waals surface area contributed by atoms with Crippen LogP contribution in [0.3, 0.4) is 0 Å². The fourth-order valence-corrected chi connectivity index (χ4v) is 1.35. The summed E-state index contributed by atoms with van der Waals surface area (Å²) in [6, 6.07) is 5.67. The minimum absolute atomic E-state index is 0.373. The number of aromatic hydroxyl groups is 1. The van der Waals surface area contributed by atoms with Crippen molar-refractivity contribution >= 4 is 22.6 Å². The van der Waals surface area contributed by atoms with Crippen LogP contribution in [0.4, 0.5) is 0 Å². The van der Waals surface area contributed by atoms with Crippen LogP contribution in [0.1, 0.15) is 12.5 Å². The first-order valence-electron chi connectivity index (χ1n) is 3.21. The van der Waals surface area contributed by atoms with E-state index in [1.165, 1.54) is 5.56 Å². The van der Waals surface area contributed by atoms with Gasteiger partial charge in [0.05, 0.1) is 3.57 Å². The maximum absolute atomic E-state index is 9.13. The monoisotopic (exact) mass is 248 g/mol. The SMILES string of the molecule is CCc1ccc(O)c(I)c1. The third kappa shape index (κ3) is 1.62. The van der Waals surface area contributed by atoms with Gasteiger partial charge in [-0.05, 0) is 46.7 Å². The van der Waals surface area contributed by atoms with E-state index in [9.17, 15) is 0 Å². The van der Waals surface area contributed by atoms with Crippen molar-refractivity contribution in [3.05, 3.63) is 27.3 Å². The Balaban J connectivity index is 3.04. The number of aryl methyl sites for hydroxylation is 1. The lowest BCUT2D eigenvalue weighted by atomic mass is 10.2. The van der Waals surface area contributed by atoms with Crippen LogP contribution in [0.2, 0.25) is 0 Å². The molecule has 0 unspecified atom stereocenters. The molecule has 1 aromatic carbocycles. The predicted molar refractivity (Wildman–Crippen MR) is 50.2 cm³/mol. The third-order valence-electron chi connectivity index (χ3n) is 1.42. The number of phenolic OH excluding ortho intramolecular Hbond substituents is 1. The second-order valence-electron chi connectivity index (χ2n) is 2.14. The summed E-state index contributed by atoms with van der Waals surface area (Å²) in [5, 5.41) is 9.13. The standard InChI is InChI=1S/C8H9IO/c1-2-6-3-4-8(10)7(9)5-6/h3-5,10H,2H2,1H3. The summed E-state index contributed by atoms with van der Waals surface area (Å²) in [6.07, 6.45) is 1.02. The average Bonchev–Trinajstić information content (AvgIpc) is 1.95. The zero-order valence-corrected chi connectivity index (χ0v) is 7.92. The molecule has 0 aliphatic heterocycles. The van der Waals surface area contributed by atoms with E-state index in [2.05, 4.69) is 29.5 Å². The number of hydrogen-bond donors (Lipinski definition) is 1. The molecule has 54 valence electrons. The van der Waals surface area contributed by atoms with Gasteiger partial charge in [-0.25, -0.2) is 0 Å². The molecule has 1 aromatic rings. The van der Waals surface area contributed by atoms with Crippen LogP contribution >= 0.6 is 22.6 Å². The lowest BCUT2D eigenvalue weighted by Gasteiger charge is -1.98. The highest BCUT2D eigenvalue weighted by atomic mass is 127. The summed E-state index contributed by atoms with van der Waals surface area (Å²) in [5.41, 5.74) is 1.27. The van der Waals surface area contributed by atoms with Gasteiger partial charge < -0.3 is 5.11 Å². The van der Waals surface area contributed by atoms with Crippen molar-refractivity contribution in [2.75, 3.05) is 0 Å². The van der Waals surface area contributed by atoms with E-state index in [4.69, 9.17) is 5.11 Å². The molecule has 0 bridgehead atoms. The fourth-order valence-electron chi connectivity index (χ4n) is 0.770. The minimum Gasteiger partial charge on any atom is -0.507 e. The average molecular weight is 248 g/mol. The molecular weight excluding hydrogens is 239 g/mol. The normalized spacial score (nSPS) is 9.80. The largest absolute Gasteiger partial charge is 0.507 e. The molecule has 10 heavy (non-hydrogen) atoms. The van der Waals surface area contributed by atoms with Gasteiger partial charge in [0.1, 0.15) is 5.75 Å². The molecule has 0 fully saturated rings. The zero-order chi connectivity index (χ0) is 7.56. The van der Waals surface area contributed by atoms with Crippen LogP contribution in [0.5, 0.6) is 5.75 Å². The minimum atomic E-state index is 0.373. The van der Waals surface area contributed by atoms with Gasteiger partial charge in [0.15, 0.2) is 0 Å². The molecule has 0 spiro atoms. The molecule has 2 heteroatoms. The van der Waals surface area contributed by atoms with Crippen molar-refractivity contribution in [2.24, 2.45) is 0 Å². The summed E-state index contributed by atoms with van der Waals surface area (Å²) < 4.78 is 0.928. The smallest absolute Gasteiger partial charge is 0.128 e. The molecule has 0 atom stereocenters. The van der Waals surface area contributed by atoms with Gasteiger partial charge in [0, 0.05) is 0 Å². The molecule has 0 aliphatic rings. The van der Waals surface area contributed by atoms with E-state index in [0.717, 1.165) is 9.99 Å². The first-order chi connectivity index (χ1) is 4.74. The van der Waals surface area contributed by atoms with Crippen molar-refractivity contribution in [1.82, 2.24) is 0 Å². The number of hydrogen-bond acceptors (Lipinski definition) is 1. The molecule has 1 N–H and O–H groups in total. The van der Waals surface area contributed by atoms with Crippen molar-refractivity contribution in [3.63, 3.8) is 0 Å². The summed E-state index contributed by atoms with van der Waals surface area (Å²) in [5.74, 6) is 0.373. The Morgan fingerprint density at radius 2 is 2.20 bits per heavy atom. The Kier molecular flexibility index (Phi) is 2.54. The van der Waals surface area contributed by atoms with Gasteiger partial charge >= 0.3 is 0 Å². The highest BCUT2D eigenvalue weighted by Gasteiger charge is 1.95. The molecule has 1 nitrogen and oxygen atoms in total. The molecular formula is C8H9IO. The summed E-state index contributed by atoms with van der Waals surface area (Å²) in [4.78, 5) is 0. The van der Waals surface area contributed by atoms with Crippen LogP contribution in [-0.4, -0.2) is 5.11 Å². The second-order valence-corrected chi connectivity index (χ2v) is 3.30. The number of rotatable bonds is 1. The Hall–Kier alpha value is -0.250. The molecule has 0 amide bonds. The van der Waals surface area contributed by atoms with Gasteiger partial charge in [-0.2, -0.15) is 0 Å². The second kappa shape index (κ2) is 3.23. The van der Waals surface area contributed by atoms with Gasteiger partial charge in [-0.1, -0.05) is 13.0 Å². The maximum atomic E-state index is 9.13. The zero-order valence-electron chi connectivity index (χ0n) is 5.76. The van der Waals surface area contributed by atoms with E-state index in [-0.39, 0.29) is 0 Å². The summed E-state index contributed by atoms with van der Waals surface area (Å²) in [7, 11) is 0. The van der Waals surface area contributed by atoms with Gasteiger partial charge in [0.25, 0.3) is 0 Å². The van der Waals surface area contributed by atoms with E-state index in [0.29, 0.717) is 5.75 Å². The molecule has 0 radical (unpaired) electrons. The third-order valence-corrected chi connectivity index (χ3v) is 2.28. The van der Waals surface area contributed by atoms with Crippen LogP contribution in [0, 0.1) is 3.57 Å². The van der Waals surface area contributed by atoms with E-state index in [1.807, 2.05) is 12.1 Å². The quantitative estimate of drug-likeness (QED) is 0.757. The van der Waals surface area contributed by atoms with Crippen molar-refractivity contribution in [3.8, 4) is 5.75 Å². The van der Waals surface area contributed by atoms with Crippen molar-refractivity contribution < 1.29 is 5.11 Å². The van der Waals surface area contributed by atoms with Gasteiger partial charge in [-0.15, -0.1) is 0 Å². The molecule has 0 saturated carbocycles. The number of halogens is 1. The topological polar surface area (TPSA) is 20.2 Å². The van der Waals surface area contributed by atoms with Crippen LogP contribution in [-0.2, 0) is 6.42 Å². The van der Waals surface area contributed by atoms with Crippen LogP contribution in [0.15, 0.2) is 18.2 Å². The molecule has 0 aromatic heterocycles. The Labute approximate surface area is 74.2 Å². The Morgan fingerprint density at radius 3 is 2.70 bits per heavy atom. The number of phenols is 1. The Bertz CT molecular complexity index is 233.